The summed E-state index contributed by atoms with van der Waals surface area (Å²) in [5.74, 6) is 0.166. The highest BCUT2D eigenvalue weighted by Gasteiger charge is 2.04. The maximum atomic E-state index is 11.7. The van der Waals surface area contributed by atoms with E-state index in [1.54, 1.807) is 24.3 Å². The molecular formula is C13H14BrNO. The standard InChI is InChI=1S/C13H14BrNO/c14-9-3-1-2-4-13(16)12-7-5-11(10-15)6-8-12/h5-8H,1-4,9H2. The number of nitriles is 1. The van der Waals surface area contributed by atoms with Gasteiger partial charge in [-0.25, -0.2) is 0 Å². The molecule has 0 saturated heterocycles. The van der Waals surface area contributed by atoms with Crippen LogP contribution >= 0.6 is 15.9 Å². The average Bonchev–Trinajstić information content (AvgIpc) is 2.34. The van der Waals surface area contributed by atoms with E-state index in [1.165, 1.54) is 0 Å². The third kappa shape index (κ3) is 4.16. The van der Waals surface area contributed by atoms with Gasteiger partial charge in [-0.15, -0.1) is 0 Å². The van der Waals surface area contributed by atoms with E-state index in [9.17, 15) is 4.79 Å². The van der Waals surface area contributed by atoms with E-state index in [0.29, 0.717) is 17.5 Å². The molecule has 0 amide bonds. The van der Waals surface area contributed by atoms with Gasteiger partial charge in [0.2, 0.25) is 0 Å². The van der Waals surface area contributed by atoms with E-state index in [-0.39, 0.29) is 5.78 Å². The summed E-state index contributed by atoms with van der Waals surface area (Å²) in [4.78, 5) is 11.7. The fraction of sp³-hybridized carbons (Fsp3) is 0.385. The number of rotatable bonds is 6. The summed E-state index contributed by atoms with van der Waals surface area (Å²) < 4.78 is 0. The second-order valence-corrected chi connectivity index (χ2v) is 4.40. The van der Waals surface area contributed by atoms with Gasteiger partial charge in [0, 0.05) is 17.3 Å². The number of hydrogen-bond donors (Lipinski definition) is 0. The van der Waals surface area contributed by atoms with Crippen molar-refractivity contribution >= 4 is 21.7 Å². The first kappa shape index (κ1) is 12.9. The van der Waals surface area contributed by atoms with Crippen LogP contribution in [0.1, 0.15) is 41.6 Å². The van der Waals surface area contributed by atoms with Gasteiger partial charge in [0.25, 0.3) is 0 Å². The molecule has 0 unspecified atom stereocenters. The topological polar surface area (TPSA) is 40.9 Å². The lowest BCUT2D eigenvalue weighted by molar-refractivity contribution is 0.0979. The minimum atomic E-state index is 0.166. The molecule has 1 aromatic rings. The smallest absolute Gasteiger partial charge is 0.162 e. The first-order valence-electron chi connectivity index (χ1n) is 5.37. The number of nitrogens with zero attached hydrogens (tertiary/aromatic N) is 1. The van der Waals surface area contributed by atoms with Crippen molar-refractivity contribution in [2.75, 3.05) is 5.33 Å². The molecule has 1 aromatic carbocycles. The number of halogens is 1. The first-order chi connectivity index (χ1) is 7.77. The van der Waals surface area contributed by atoms with Gasteiger partial charge in [0.05, 0.1) is 11.6 Å². The summed E-state index contributed by atoms with van der Waals surface area (Å²) in [7, 11) is 0. The third-order valence-electron chi connectivity index (χ3n) is 2.37. The Morgan fingerprint density at radius 3 is 2.44 bits per heavy atom. The van der Waals surface area contributed by atoms with Crippen molar-refractivity contribution < 1.29 is 4.79 Å². The van der Waals surface area contributed by atoms with Crippen LogP contribution in [0.4, 0.5) is 0 Å². The highest BCUT2D eigenvalue weighted by atomic mass is 79.9. The van der Waals surface area contributed by atoms with Gasteiger partial charge >= 0.3 is 0 Å². The van der Waals surface area contributed by atoms with E-state index in [0.717, 1.165) is 24.6 Å². The molecule has 0 heterocycles. The molecule has 2 nitrogen and oxygen atoms in total. The second kappa shape index (κ2) is 7.19. The lowest BCUT2D eigenvalue weighted by Crippen LogP contribution is -1.98. The van der Waals surface area contributed by atoms with Crippen molar-refractivity contribution in [3.63, 3.8) is 0 Å². The highest BCUT2D eigenvalue weighted by Crippen LogP contribution is 2.10. The predicted molar refractivity (Wildman–Crippen MR) is 67.7 cm³/mol. The molecule has 0 spiro atoms. The van der Waals surface area contributed by atoms with Crippen molar-refractivity contribution in [3.8, 4) is 6.07 Å². The fourth-order valence-corrected chi connectivity index (χ4v) is 1.83. The summed E-state index contributed by atoms with van der Waals surface area (Å²) in [5.41, 5.74) is 1.30. The monoisotopic (exact) mass is 279 g/mol. The fourth-order valence-electron chi connectivity index (χ4n) is 1.43. The summed E-state index contributed by atoms with van der Waals surface area (Å²) >= 11 is 3.36. The van der Waals surface area contributed by atoms with E-state index in [2.05, 4.69) is 15.9 Å². The molecule has 0 aliphatic carbocycles. The van der Waals surface area contributed by atoms with E-state index < -0.39 is 0 Å². The van der Waals surface area contributed by atoms with Gasteiger partial charge in [-0.1, -0.05) is 34.5 Å². The Kier molecular flexibility index (Phi) is 5.81. The number of Topliss-reactive ketones (excluding diaryl/α,β-unsaturated/α-hetero) is 1. The number of unbranched alkanes of at least 4 members (excludes halogenated alkanes) is 2. The van der Waals surface area contributed by atoms with Gasteiger partial charge in [-0.3, -0.25) is 4.79 Å². The maximum Gasteiger partial charge on any atom is 0.162 e. The van der Waals surface area contributed by atoms with Crippen LogP contribution in [-0.2, 0) is 0 Å². The van der Waals surface area contributed by atoms with Gasteiger partial charge < -0.3 is 0 Å². The molecule has 3 heteroatoms. The van der Waals surface area contributed by atoms with Gasteiger partial charge in [0.15, 0.2) is 5.78 Å². The zero-order valence-corrected chi connectivity index (χ0v) is 10.7. The third-order valence-corrected chi connectivity index (χ3v) is 2.93. The van der Waals surface area contributed by atoms with Crippen LogP contribution in [0.15, 0.2) is 24.3 Å². The highest BCUT2D eigenvalue weighted by molar-refractivity contribution is 9.09. The Morgan fingerprint density at radius 2 is 1.88 bits per heavy atom. The van der Waals surface area contributed by atoms with E-state index in [1.807, 2.05) is 6.07 Å². The summed E-state index contributed by atoms with van der Waals surface area (Å²) in [5, 5.41) is 9.63. The molecule has 0 atom stereocenters. The van der Waals surface area contributed by atoms with Gasteiger partial charge in [-0.2, -0.15) is 5.26 Å². The first-order valence-corrected chi connectivity index (χ1v) is 6.49. The van der Waals surface area contributed by atoms with Crippen LogP contribution in [0.2, 0.25) is 0 Å². The average molecular weight is 280 g/mol. The Labute approximate surface area is 104 Å². The number of alkyl halides is 1. The van der Waals surface area contributed by atoms with Crippen molar-refractivity contribution in [2.24, 2.45) is 0 Å². The number of ketones is 1. The SMILES string of the molecule is N#Cc1ccc(C(=O)CCCCCBr)cc1. The molecule has 0 fully saturated rings. The van der Waals surface area contributed by atoms with E-state index >= 15 is 0 Å². The summed E-state index contributed by atoms with van der Waals surface area (Å²) in [6.45, 7) is 0. The zero-order valence-electron chi connectivity index (χ0n) is 9.08. The lowest BCUT2D eigenvalue weighted by atomic mass is 10.0. The van der Waals surface area contributed by atoms with Crippen LogP contribution < -0.4 is 0 Å². The Balaban J connectivity index is 2.44. The molecule has 16 heavy (non-hydrogen) atoms. The Bertz CT molecular complexity index is 378. The molecular weight excluding hydrogens is 266 g/mol. The molecule has 0 bridgehead atoms. The van der Waals surface area contributed by atoms with Crippen LogP contribution in [0, 0.1) is 11.3 Å². The van der Waals surface area contributed by atoms with Gasteiger partial charge in [-0.05, 0) is 25.0 Å². The normalized spacial score (nSPS) is 9.75. The molecule has 1 rings (SSSR count). The number of hydrogen-bond acceptors (Lipinski definition) is 2. The molecule has 0 saturated carbocycles. The van der Waals surface area contributed by atoms with Gasteiger partial charge in [0.1, 0.15) is 0 Å². The number of carbonyl (C=O) groups is 1. The number of benzene rings is 1. The minimum absolute atomic E-state index is 0.166. The Morgan fingerprint density at radius 1 is 1.19 bits per heavy atom. The predicted octanol–water partition coefficient (Wildman–Crippen LogP) is 3.70. The van der Waals surface area contributed by atoms with Crippen molar-refractivity contribution in [2.45, 2.75) is 25.7 Å². The maximum absolute atomic E-state index is 11.7. The molecule has 0 aromatic heterocycles. The van der Waals surface area contributed by atoms with Crippen LogP contribution in [0.3, 0.4) is 0 Å². The quantitative estimate of drug-likeness (QED) is 0.453. The number of carbonyl (C=O) groups excluding carboxylic acids is 1. The van der Waals surface area contributed by atoms with Crippen molar-refractivity contribution in [1.82, 2.24) is 0 Å². The van der Waals surface area contributed by atoms with Crippen molar-refractivity contribution in [3.05, 3.63) is 35.4 Å². The second-order valence-electron chi connectivity index (χ2n) is 3.61. The van der Waals surface area contributed by atoms with E-state index in [4.69, 9.17) is 5.26 Å². The molecule has 0 radical (unpaired) electrons. The van der Waals surface area contributed by atoms with Crippen molar-refractivity contribution in [1.29, 1.82) is 5.26 Å². The van der Waals surface area contributed by atoms with Crippen LogP contribution in [0.5, 0.6) is 0 Å². The largest absolute Gasteiger partial charge is 0.294 e. The van der Waals surface area contributed by atoms with Crippen LogP contribution in [0.25, 0.3) is 0 Å². The lowest BCUT2D eigenvalue weighted by Gasteiger charge is -2.00. The molecule has 0 aliphatic heterocycles. The molecule has 84 valence electrons. The Hall–Kier alpha value is -1.14. The molecule has 0 N–H and O–H groups in total. The summed E-state index contributed by atoms with van der Waals surface area (Å²) in [6, 6.07) is 8.86. The summed E-state index contributed by atoms with van der Waals surface area (Å²) in [6.07, 6.45) is 3.72. The zero-order chi connectivity index (χ0) is 11.8. The van der Waals surface area contributed by atoms with Crippen LogP contribution in [-0.4, -0.2) is 11.1 Å². The molecule has 0 aliphatic rings. The minimum Gasteiger partial charge on any atom is -0.294 e.